The molecule has 23 heavy (non-hydrogen) atoms. The summed E-state index contributed by atoms with van der Waals surface area (Å²) in [6.45, 7) is 2.46. The van der Waals surface area contributed by atoms with Crippen molar-refractivity contribution in [2.24, 2.45) is 7.05 Å². The smallest absolute Gasteiger partial charge is 0.250 e. The standard InChI is InChI=1S/C16H18N6O/c1-11-12(10-17)5-6-14(18-11)19-13-4-3-8-22(16(13)23)15-7-9-21(2)20-15/h5-7,9,13H,3-4,8H2,1-2H3,(H,18,19). The molecule has 1 aliphatic rings. The number of pyridine rings is 1. The van der Waals surface area contributed by atoms with Crippen LogP contribution in [0.3, 0.4) is 0 Å². The summed E-state index contributed by atoms with van der Waals surface area (Å²) >= 11 is 0. The minimum atomic E-state index is -0.328. The molecule has 3 heterocycles. The Morgan fingerprint density at radius 2 is 2.22 bits per heavy atom. The van der Waals surface area contributed by atoms with Crippen molar-refractivity contribution >= 4 is 17.5 Å². The molecule has 2 aromatic heterocycles. The first-order valence-corrected chi connectivity index (χ1v) is 7.54. The zero-order chi connectivity index (χ0) is 16.4. The molecule has 0 saturated carbocycles. The second-order valence-corrected chi connectivity index (χ2v) is 5.62. The van der Waals surface area contributed by atoms with Crippen molar-refractivity contribution < 1.29 is 4.79 Å². The van der Waals surface area contributed by atoms with Gasteiger partial charge in [-0.15, -0.1) is 0 Å². The van der Waals surface area contributed by atoms with Crippen LogP contribution in [0.4, 0.5) is 11.6 Å². The van der Waals surface area contributed by atoms with Crippen molar-refractivity contribution in [1.29, 1.82) is 5.26 Å². The molecule has 0 aliphatic carbocycles. The van der Waals surface area contributed by atoms with Crippen molar-refractivity contribution in [2.75, 3.05) is 16.8 Å². The van der Waals surface area contributed by atoms with E-state index in [0.29, 0.717) is 29.4 Å². The quantitative estimate of drug-likeness (QED) is 0.930. The van der Waals surface area contributed by atoms with E-state index in [1.165, 1.54) is 0 Å². The van der Waals surface area contributed by atoms with E-state index < -0.39 is 0 Å². The summed E-state index contributed by atoms with van der Waals surface area (Å²) in [6, 6.07) is 7.05. The van der Waals surface area contributed by atoms with E-state index >= 15 is 0 Å². The summed E-state index contributed by atoms with van der Waals surface area (Å²) in [5.41, 5.74) is 1.20. The number of nitriles is 1. The molecule has 0 bridgehead atoms. The van der Waals surface area contributed by atoms with Crippen molar-refractivity contribution in [3.8, 4) is 6.07 Å². The van der Waals surface area contributed by atoms with Gasteiger partial charge < -0.3 is 5.32 Å². The van der Waals surface area contributed by atoms with E-state index in [-0.39, 0.29) is 11.9 Å². The molecule has 1 amide bonds. The van der Waals surface area contributed by atoms with Gasteiger partial charge in [-0.25, -0.2) is 4.98 Å². The number of nitrogens with zero attached hydrogens (tertiary/aromatic N) is 5. The second kappa shape index (κ2) is 6.08. The lowest BCUT2D eigenvalue weighted by atomic mass is 10.0. The number of hydrogen-bond donors (Lipinski definition) is 1. The van der Waals surface area contributed by atoms with Gasteiger partial charge in [-0.3, -0.25) is 14.4 Å². The van der Waals surface area contributed by atoms with Crippen molar-refractivity contribution in [1.82, 2.24) is 14.8 Å². The molecule has 2 aromatic rings. The molecule has 0 radical (unpaired) electrons. The van der Waals surface area contributed by atoms with E-state index in [4.69, 9.17) is 5.26 Å². The molecule has 1 atom stereocenters. The molecule has 1 unspecified atom stereocenters. The Hall–Kier alpha value is -2.88. The van der Waals surface area contributed by atoms with Crippen molar-refractivity contribution in [3.05, 3.63) is 35.7 Å². The van der Waals surface area contributed by atoms with Crippen LogP contribution in [0.15, 0.2) is 24.4 Å². The summed E-state index contributed by atoms with van der Waals surface area (Å²) in [6.07, 6.45) is 3.48. The number of nitrogens with one attached hydrogen (secondary N) is 1. The minimum absolute atomic E-state index is 0.00115. The van der Waals surface area contributed by atoms with E-state index in [2.05, 4.69) is 21.5 Å². The lowest BCUT2D eigenvalue weighted by Gasteiger charge is -2.31. The van der Waals surface area contributed by atoms with E-state index in [0.717, 1.165) is 12.8 Å². The highest BCUT2D eigenvalue weighted by Crippen LogP contribution is 2.21. The fraction of sp³-hybridized carbons (Fsp3) is 0.375. The molecule has 0 spiro atoms. The van der Waals surface area contributed by atoms with Crippen LogP contribution < -0.4 is 10.2 Å². The molecule has 7 heteroatoms. The predicted octanol–water partition coefficient (Wildman–Crippen LogP) is 1.60. The topological polar surface area (TPSA) is 86.8 Å². The third-order valence-corrected chi connectivity index (χ3v) is 3.94. The summed E-state index contributed by atoms with van der Waals surface area (Å²) in [7, 11) is 1.83. The van der Waals surface area contributed by atoms with Gasteiger partial charge in [0.2, 0.25) is 0 Å². The maximum atomic E-state index is 12.7. The third-order valence-electron chi connectivity index (χ3n) is 3.94. The van der Waals surface area contributed by atoms with Gasteiger partial charge in [0.05, 0.1) is 11.3 Å². The molecule has 118 valence electrons. The van der Waals surface area contributed by atoms with Crippen molar-refractivity contribution in [3.63, 3.8) is 0 Å². The average Bonchev–Trinajstić information content (AvgIpc) is 2.96. The second-order valence-electron chi connectivity index (χ2n) is 5.62. The number of aryl methyl sites for hydroxylation is 2. The maximum absolute atomic E-state index is 12.7. The number of rotatable bonds is 3. The van der Waals surface area contributed by atoms with Gasteiger partial charge in [0, 0.05) is 25.9 Å². The summed E-state index contributed by atoms with van der Waals surface area (Å²) in [5.74, 6) is 1.29. The zero-order valence-electron chi connectivity index (χ0n) is 13.2. The number of hydrogen-bond acceptors (Lipinski definition) is 5. The Morgan fingerprint density at radius 1 is 1.39 bits per heavy atom. The van der Waals surface area contributed by atoms with E-state index in [1.54, 1.807) is 28.6 Å². The van der Waals surface area contributed by atoms with Gasteiger partial charge in [-0.1, -0.05) is 0 Å². The zero-order valence-corrected chi connectivity index (χ0v) is 13.2. The summed E-state index contributed by atoms with van der Waals surface area (Å²) in [4.78, 5) is 18.7. The Morgan fingerprint density at radius 3 is 2.87 bits per heavy atom. The lowest BCUT2D eigenvalue weighted by Crippen LogP contribution is -2.48. The normalized spacial score (nSPS) is 17.9. The van der Waals surface area contributed by atoms with Crippen LogP contribution in [0.1, 0.15) is 24.1 Å². The molecule has 1 saturated heterocycles. The number of carbonyl (C=O) groups is 1. The molecule has 0 aromatic carbocycles. The van der Waals surface area contributed by atoms with Crippen LogP contribution in [0, 0.1) is 18.3 Å². The summed E-state index contributed by atoms with van der Waals surface area (Å²) < 4.78 is 1.69. The number of amides is 1. The molecule has 1 aliphatic heterocycles. The van der Waals surface area contributed by atoms with Gasteiger partial charge in [0.1, 0.15) is 17.9 Å². The molecule has 3 rings (SSSR count). The first-order valence-electron chi connectivity index (χ1n) is 7.54. The Labute approximate surface area is 134 Å². The average molecular weight is 310 g/mol. The van der Waals surface area contributed by atoms with Gasteiger partial charge in [0.15, 0.2) is 5.82 Å². The molecule has 7 nitrogen and oxygen atoms in total. The molecule has 1 N–H and O–H groups in total. The van der Waals surface area contributed by atoms with Gasteiger partial charge in [-0.05, 0) is 31.9 Å². The lowest BCUT2D eigenvalue weighted by molar-refractivity contribution is -0.120. The number of anilines is 2. The predicted molar refractivity (Wildman–Crippen MR) is 85.9 cm³/mol. The SMILES string of the molecule is Cc1nc(NC2CCCN(c3ccn(C)n3)C2=O)ccc1C#N. The number of piperidine rings is 1. The van der Waals surface area contributed by atoms with Crippen LogP contribution in [-0.2, 0) is 11.8 Å². The number of carbonyl (C=O) groups excluding carboxylic acids is 1. The fourth-order valence-electron chi connectivity index (χ4n) is 2.72. The monoisotopic (exact) mass is 310 g/mol. The first kappa shape index (κ1) is 15.0. The molecular weight excluding hydrogens is 292 g/mol. The maximum Gasteiger partial charge on any atom is 0.250 e. The van der Waals surface area contributed by atoms with Crippen molar-refractivity contribution in [2.45, 2.75) is 25.8 Å². The Kier molecular flexibility index (Phi) is 3.98. The molecule has 1 fully saturated rings. The largest absolute Gasteiger partial charge is 0.358 e. The van der Waals surface area contributed by atoms with Crippen LogP contribution in [0.5, 0.6) is 0 Å². The highest BCUT2D eigenvalue weighted by atomic mass is 16.2. The molecular formula is C16H18N6O. The highest BCUT2D eigenvalue weighted by molar-refractivity contribution is 5.98. The van der Waals surface area contributed by atoms with Gasteiger partial charge >= 0.3 is 0 Å². The number of aromatic nitrogens is 3. The van der Waals surface area contributed by atoms with E-state index in [1.807, 2.05) is 19.3 Å². The first-order chi connectivity index (χ1) is 11.1. The van der Waals surface area contributed by atoms with E-state index in [9.17, 15) is 4.79 Å². The Balaban J connectivity index is 1.76. The fourth-order valence-corrected chi connectivity index (χ4v) is 2.72. The van der Waals surface area contributed by atoms with Crippen LogP contribution in [-0.4, -0.2) is 33.3 Å². The van der Waals surface area contributed by atoms with Crippen LogP contribution >= 0.6 is 0 Å². The minimum Gasteiger partial charge on any atom is -0.358 e. The van der Waals surface area contributed by atoms with Gasteiger partial charge in [0.25, 0.3) is 5.91 Å². The third kappa shape index (κ3) is 3.01. The summed E-state index contributed by atoms with van der Waals surface area (Å²) in [5, 5.41) is 16.4. The highest BCUT2D eigenvalue weighted by Gasteiger charge is 2.31. The Bertz CT molecular complexity index is 775. The van der Waals surface area contributed by atoms with Crippen LogP contribution in [0.2, 0.25) is 0 Å². The van der Waals surface area contributed by atoms with Crippen LogP contribution in [0.25, 0.3) is 0 Å². The van der Waals surface area contributed by atoms with Gasteiger partial charge in [-0.2, -0.15) is 10.4 Å².